The van der Waals surface area contributed by atoms with Gasteiger partial charge >= 0.3 is 5.97 Å². The minimum atomic E-state index is -1.20. The SMILES string of the molecule is NC(=O)C(OC(=O)c1cc(-c2ccccc2)nn1-c1ccccc1)c1ccccc1. The van der Waals surface area contributed by atoms with Crippen molar-refractivity contribution >= 4 is 11.9 Å². The van der Waals surface area contributed by atoms with E-state index >= 15 is 0 Å². The Bertz CT molecular complexity index is 1160. The summed E-state index contributed by atoms with van der Waals surface area (Å²) in [6.07, 6.45) is -1.20. The quantitative estimate of drug-likeness (QED) is 0.500. The lowest BCUT2D eigenvalue weighted by atomic mass is 10.1. The Morgan fingerprint density at radius 1 is 0.833 bits per heavy atom. The molecule has 148 valence electrons. The van der Waals surface area contributed by atoms with Gasteiger partial charge < -0.3 is 10.5 Å². The molecule has 3 aromatic carbocycles. The molecule has 30 heavy (non-hydrogen) atoms. The van der Waals surface area contributed by atoms with Crippen LogP contribution in [0.4, 0.5) is 0 Å². The number of carbonyl (C=O) groups is 2. The third kappa shape index (κ3) is 3.98. The Morgan fingerprint density at radius 3 is 2.00 bits per heavy atom. The summed E-state index contributed by atoms with van der Waals surface area (Å²) in [4.78, 5) is 25.1. The number of para-hydroxylation sites is 1. The zero-order chi connectivity index (χ0) is 20.9. The van der Waals surface area contributed by atoms with Crippen LogP contribution in [0.25, 0.3) is 16.9 Å². The standard InChI is InChI=1S/C24H19N3O3/c25-23(28)22(18-12-6-2-7-13-18)30-24(29)21-16-20(17-10-4-1-5-11-17)26-27(21)19-14-8-3-9-15-19/h1-16,22H,(H2,25,28). The Kier molecular flexibility index (Phi) is 5.39. The van der Waals surface area contributed by atoms with Crippen molar-refractivity contribution in [3.63, 3.8) is 0 Å². The molecule has 0 saturated heterocycles. The molecule has 0 spiro atoms. The Labute approximate surface area is 173 Å². The first-order valence-corrected chi connectivity index (χ1v) is 9.39. The van der Waals surface area contributed by atoms with Gasteiger partial charge in [0.1, 0.15) is 0 Å². The molecule has 1 amide bonds. The summed E-state index contributed by atoms with van der Waals surface area (Å²) in [5, 5.41) is 4.60. The van der Waals surface area contributed by atoms with Gasteiger partial charge in [-0.15, -0.1) is 0 Å². The van der Waals surface area contributed by atoms with E-state index in [2.05, 4.69) is 5.10 Å². The van der Waals surface area contributed by atoms with Gasteiger partial charge in [0.05, 0.1) is 11.4 Å². The highest BCUT2D eigenvalue weighted by Crippen LogP contribution is 2.24. The first kappa shape index (κ1) is 19.1. The number of hydrogen-bond acceptors (Lipinski definition) is 4. The van der Waals surface area contributed by atoms with Gasteiger partial charge in [-0.3, -0.25) is 4.79 Å². The fourth-order valence-electron chi connectivity index (χ4n) is 3.13. The third-order valence-electron chi connectivity index (χ3n) is 4.57. The van der Waals surface area contributed by atoms with Crippen molar-refractivity contribution in [3.05, 3.63) is 108 Å². The fraction of sp³-hybridized carbons (Fsp3) is 0.0417. The van der Waals surface area contributed by atoms with Crippen molar-refractivity contribution in [2.45, 2.75) is 6.10 Å². The normalized spacial score (nSPS) is 11.6. The molecule has 0 aliphatic rings. The summed E-state index contributed by atoms with van der Waals surface area (Å²) in [6, 6.07) is 29.1. The molecule has 0 radical (unpaired) electrons. The summed E-state index contributed by atoms with van der Waals surface area (Å²) in [6.45, 7) is 0. The average Bonchev–Trinajstić information content (AvgIpc) is 3.25. The molecule has 1 atom stereocenters. The molecule has 0 aliphatic heterocycles. The van der Waals surface area contributed by atoms with Crippen LogP contribution < -0.4 is 5.73 Å². The smallest absolute Gasteiger partial charge is 0.358 e. The summed E-state index contributed by atoms with van der Waals surface area (Å²) < 4.78 is 7.03. The number of hydrogen-bond donors (Lipinski definition) is 1. The number of primary amides is 1. The molecular weight excluding hydrogens is 378 g/mol. The lowest BCUT2D eigenvalue weighted by Crippen LogP contribution is -2.27. The van der Waals surface area contributed by atoms with E-state index in [1.165, 1.54) is 4.68 Å². The predicted octanol–water partition coefficient (Wildman–Crippen LogP) is 3.92. The lowest BCUT2D eigenvalue weighted by molar-refractivity contribution is -0.127. The summed E-state index contributed by atoms with van der Waals surface area (Å²) in [5.74, 6) is -1.44. The van der Waals surface area contributed by atoms with Crippen LogP contribution in [-0.2, 0) is 9.53 Å². The number of esters is 1. The number of carbonyl (C=O) groups excluding carboxylic acids is 2. The van der Waals surface area contributed by atoms with Gasteiger partial charge in [-0.1, -0.05) is 78.9 Å². The number of nitrogens with zero attached hydrogens (tertiary/aromatic N) is 2. The second kappa shape index (κ2) is 8.45. The third-order valence-corrected chi connectivity index (χ3v) is 4.57. The average molecular weight is 397 g/mol. The molecule has 0 aliphatic carbocycles. The van der Waals surface area contributed by atoms with E-state index in [-0.39, 0.29) is 5.69 Å². The number of amides is 1. The van der Waals surface area contributed by atoms with E-state index in [1.54, 1.807) is 36.4 Å². The number of rotatable bonds is 6. The van der Waals surface area contributed by atoms with E-state index < -0.39 is 18.0 Å². The zero-order valence-corrected chi connectivity index (χ0v) is 16.0. The summed E-state index contributed by atoms with van der Waals surface area (Å²) in [7, 11) is 0. The van der Waals surface area contributed by atoms with Crippen LogP contribution in [0.3, 0.4) is 0 Å². The molecule has 6 nitrogen and oxygen atoms in total. The van der Waals surface area contributed by atoms with Crippen LogP contribution in [0.15, 0.2) is 97.1 Å². The van der Waals surface area contributed by atoms with Crippen LogP contribution in [0.2, 0.25) is 0 Å². The van der Waals surface area contributed by atoms with Crippen LogP contribution in [0.1, 0.15) is 22.2 Å². The van der Waals surface area contributed by atoms with Gasteiger partial charge in [0, 0.05) is 11.1 Å². The summed E-state index contributed by atoms with van der Waals surface area (Å²) >= 11 is 0. The molecule has 4 rings (SSSR count). The van der Waals surface area contributed by atoms with E-state index in [4.69, 9.17) is 10.5 Å². The van der Waals surface area contributed by atoms with Gasteiger partial charge in [0.15, 0.2) is 5.69 Å². The van der Waals surface area contributed by atoms with E-state index in [9.17, 15) is 9.59 Å². The highest BCUT2D eigenvalue weighted by atomic mass is 16.5. The van der Waals surface area contributed by atoms with Gasteiger partial charge in [-0.2, -0.15) is 5.10 Å². The van der Waals surface area contributed by atoms with Gasteiger partial charge in [0.25, 0.3) is 5.91 Å². The molecule has 0 bridgehead atoms. The molecule has 0 saturated carbocycles. The number of ether oxygens (including phenoxy) is 1. The zero-order valence-electron chi connectivity index (χ0n) is 16.0. The van der Waals surface area contributed by atoms with Crippen LogP contribution >= 0.6 is 0 Å². The van der Waals surface area contributed by atoms with Crippen LogP contribution in [-0.4, -0.2) is 21.7 Å². The van der Waals surface area contributed by atoms with Gasteiger partial charge in [-0.05, 0) is 18.2 Å². The largest absolute Gasteiger partial charge is 0.443 e. The van der Waals surface area contributed by atoms with Crippen LogP contribution in [0, 0.1) is 0 Å². The number of aromatic nitrogens is 2. The van der Waals surface area contributed by atoms with E-state index in [0.717, 1.165) is 5.56 Å². The summed E-state index contributed by atoms with van der Waals surface area (Å²) in [5.41, 5.74) is 8.37. The first-order valence-electron chi connectivity index (χ1n) is 9.39. The molecule has 1 aromatic heterocycles. The van der Waals surface area contributed by atoms with Gasteiger partial charge in [-0.25, -0.2) is 9.48 Å². The van der Waals surface area contributed by atoms with Crippen molar-refractivity contribution in [3.8, 4) is 16.9 Å². The predicted molar refractivity (Wildman–Crippen MR) is 113 cm³/mol. The minimum Gasteiger partial charge on any atom is -0.443 e. The first-order chi connectivity index (χ1) is 14.6. The molecular formula is C24H19N3O3. The Hall–Kier alpha value is -4.19. The highest BCUT2D eigenvalue weighted by Gasteiger charge is 2.26. The number of nitrogens with two attached hydrogens (primary N) is 1. The van der Waals surface area contributed by atoms with Crippen molar-refractivity contribution in [1.82, 2.24) is 9.78 Å². The number of benzene rings is 3. The molecule has 0 fully saturated rings. The van der Waals surface area contributed by atoms with Crippen molar-refractivity contribution in [2.24, 2.45) is 5.73 Å². The highest BCUT2D eigenvalue weighted by molar-refractivity contribution is 5.92. The minimum absolute atomic E-state index is 0.197. The second-order valence-electron chi connectivity index (χ2n) is 6.63. The van der Waals surface area contributed by atoms with E-state index in [1.807, 2.05) is 60.7 Å². The lowest BCUT2D eigenvalue weighted by Gasteiger charge is -2.15. The Balaban J connectivity index is 1.74. The van der Waals surface area contributed by atoms with Crippen LogP contribution in [0.5, 0.6) is 0 Å². The second-order valence-corrected chi connectivity index (χ2v) is 6.63. The maximum absolute atomic E-state index is 13.1. The molecule has 4 aromatic rings. The fourth-order valence-corrected chi connectivity index (χ4v) is 3.13. The molecule has 1 heterocycles. The Morgan fingerprint density at radius 2 is 1.40 bits per heavy atom. The molecule has 1 unspecified atom stereocenters. The van der Waals surface area contributed by atoms with E-state index in [0.29, 0.717) is 16.9 Å². The van der Waals surface area contributed by atoms with Crippen molar-refractivity contribution in [2.75, 3.05) is 0 Å². The maximum Gasteiger partial charge on any atom is 0.358 e. The molecule has 6 heteroatoms. The monoisotopic (exact) mass is 397 g/mol. The topological polar surface area (TPSA) is 87.2 Å². The van der Waals surface area contributed by atoms with Gasteiger partial charge in [0.2, 0.25) is 6.10 Å². The maximum atomic E-state index is 13.1. The molecule has 2 N–H and O–H groups in total. The van der Waals surface area contributed by atoms with Crippen molar-refractivity contribution in [1.29, 1.82) is 0 Å². The van der Waals surface area contributed by atoms with Crippen molar-refractivity contribution < 1.29 is 14.3 Å².